The summed E-state index contributed by atoms with van der Waals surface area (Å²) < 4.78 is 28.8. The highest BCUT2D eigenvalue weighted by atomic mass is 32.2. The minimum Gasteiger partial charge on any atom is -0.303 e. The molecule has 4 rings (SSSR count). The number of nitrogens with zero attached hydrogens (tertiary/aromatic N) is 1. The van der Waals surface area contributed by atoms with Crippen LogP contribution in [-0.2, 0) is 10.0 Å². The largest absolute Gasteiger partial charge is 0.303 e. The van der Waals surface area contributed by atoms with Crippen molar-refractivity contribution in [2.75, 3.05) is 26.2 Å². The van der Waals surface area contributed by atoms with Crippen LogP contribution in [0.4, 0.5) is 0 Å². The Hall–Kier alpha value is -2.21. The first kappa shape index (κ1) is 22.0. The fourth-order valence-corrected chi connectivity index (χ4v) is 5.82. The van der Waals surface area contributed by atoms with E-state index < -0.39 is 10.0 Å². The molecule has 0 saturated carbocycles. The van der Waals surface area contributed by atoms with Crippen molar-refractivity contribution in [1.82, 2.24) is 9.62 Å². The average Bonchev–Trinajstić information content (AvgIpc) is 2.82. The van der Waals surface area contributed by atoms with Crippen LogP contribution in [0.3, 0.4) is 0 Å². The number of likely N-dealkylation sites (tertiary alicyclic amines) is 1. The lowest BCUT2D eigenvalue weighted by Gasteiger charge is -2.32. The predicted molar refractivity (Wildman–Crippen MR) is 128 cm³/mol. The van der Waals surface area contributed by atoms with Gasteiger partial charge in [-0.2, -0.15) is 0 Å². The van der Waals surface area contributed by atoms with Gasteiger partial charge in [-0.1, -0.05) is 73.7 Å². The molecule has 164 valence electrons. The molecule has 4 nitrogen and oxygen atoms in total. The van der Waals surface area contributed by atoms with Crippen molar-refractivity contribution in [2.24, 2.45) is 5.92 Å². The molecule has 1 unspecified atom stereocenters. The first-order chi connectivity index (χ1) is 15.0. The molecule has 0 bridgehead atoms. The van der Waals surface area contributed by atoms with Crippen molar-refractivity contribution in [3.63, 3.8) is 0 Å². The van der Waals surface area contributed by atoms with E-state index >= 15 is 0 Å². The van der Waals surface area contributed by atoms with Gasteiger partial charge in [-0.3, -0.25) is 0 Å². The van der Waals surface area contributed by atoms with Crippen LogP contribution in [0.15, 0.2) is 77.7 Å². The van der Waals surface area contributed by atoms with Crippen molar-refractivity contribution < 1.29 is 8.42 Å². The minimum atomic E-state index is -3.52. The van der Waals surface area contributed by atoms with Gasteiger partial charge in [0.2, 0.25) is 10.0 Å². The smallest absolute Gasteiger partial charge is 0.241 e. The van der Waals surface area contributed by atoms with E-state index in [0.29, 0.717) is 23.3 Å². The fourth-order valence-electron chi connectivity index (χ4n) is 4.47. The second-order valence-corrected chi connectivity index (χ2v) is 10.4. The lowest BCUT2D eigenvalue weighted by molar-refractivity contribution is 0.181. The van der Waals surface area contributed by atoms with E-state index in [1.165, 1.54) is 5.56 Å². The quantitative estimate of drug-likeness (QED) is 0.539. The number of benzene rings is 3. The highest BCUT2D eigenvalue weighted by Gasteiger charge is 2.23. The van der Waals surface area contributed by atoms with Crippen LogP contribution in [0.1, 0.15) is 37.7 Å². The van der Waals surface area contributed by atoms with E-state index in [0.717, 1.165) is 49.7 Å². The van der Waals surface area contributed by atoms with Crippen LogP contribution < -0.4 is 4.72 Å². The van der Waals surface area contributed by atoms with Crippen molar-refractivity contribution >= 4 is 20.8 Å². The molecule has 0 aliphatic carbocycles. The molecule has 3 aromatic rings. The van der Waals surface area contributed by atoms with Gasteiger partial charge in [0.1, 0.15) is 0 Å². The Labute approximate surface area is 186 Å². The molecular weight excluding hydrogens is 404 g/mol. The summed E-state index contributed by atoms with van der Waals surface area (Å²) in [4.78, 5) is 2.90. The Morgan fingerprint density at radius 3 is 2.39 bits per heavy atom. The Kier molecular flexibility index (Phi) is 7.06. The highest BCUT2D eigenvalue weighted by Crippen LogP contribution is 2.24. The molecule has 5 heteroatoms. The van der Waals surface area contributed by atoms with Gasteiger partial charge in [-0.15, -0.1) is 0 Å². The Morgan fingerprint density at radius 2 is 1.61 bits per heavy atom. The van der Waals surface area contributed by atoms with Crippen LogP contribution in [0.2, 0.25) is 0 Å². The van der Waals surface area contributed by atoms with Gasteiger partial charge < -0.3 is 4.90 Å². The first-order valence-corrected chi connectivity index (χ1v) is 12.8. The summed E-state index contributed by atoms with van der Waals surface area (Å²) >= 11 is 0. The first-order valence-electron chi connectivity index (χ1n) is 11.3. The van der Waals surface area contributed by atoms with Gasteiger partial charge in [-0.25, -0.2) is 13.1 Å². The summed E-state index contributed by atoms with van der Waals surface area (Å²) in [6.07, 6.45) is 3.23. The zero-order valence-electron chi connectivity index (χ0n) is 18.2. The van der Waals surface area contributed by atoms with Crippen molar-refractivity contribution in [2.45, 2.75) is 37.0 Å². The Morgan fingerprint density at radius 1 is 0.935 bits per heavy atom. The van der Waals surface area contributed by atoms with Crippen molar-refractivity contribution in [1.29, 1.82) is 0 Å². The molecular formula is C26H32N2O2S. The molecule has 1 fully saturated rings. The third-order valence-electron chi connectivity index (χ3n) is 6.56. The zero-order chi connectivity index (χ0) is 21.7. The normalized spacial score (nSPS) is 17.1. The SMILES string of the molecule is CC(CCN1CCC(CNS(=O)(=O)c2cccc3ccccc23)CC1)c1ccccc1. The summed E-state index contributed by atoms with van der Waals surface area (Å²) in [6, 6.07) is 23.8. The van der Waals surface area contributed by atoms with Gasteiger partial charge in [0.05, 0.1) is 4.90 Å². The molecule has 0 aromatic heterocycles. The number of fused-ring (bicyclic) bond motifs is 1. The van der Waals surface area contributed by atoms with Crippen LogP contribution in [0.25, 0.3) is 10.8 Å². The second kappa shape index (κ2) is 9.94. The lowest BCUT2D eigenvalue weighted by atomic mass is 9.95. The van der Waals surface area contributed by atoms with Gasteiger partial charge in [0.15, 0.2) is 0 Å². The molecule has 0 spiro atoms. The number of nitrogens with one attached hydrogen (secondary N) is 1. The van der Waals surface area contributed by atoms with Gasteiger partial charge in [0, 0.05) is 11.9 Å². The molecule has 1 aliphatic rings. The lowest BCUT2D eigenvalue weighted by Crippen LogP contribution is -2.39. The topological polar surface area (TPSA) is 49.4 Å². The molecule has 3 aromatic carbocycles. The number of sulfonamides is 1. The summed E-state index contributed by atoms with van der Waals surface area (Å²) in [5, 5.41) is 1.73. The third kappa shape index (κ3) is 5.53. The van der Waals surface area contributed by atoms with Gasteiger partial charge >= 0.3 is 0 Å². The Bertz CT molecular complexity index is 1090. The molecule has 1 heterocycles. The molecule has 1 atom stereocenters. The summed E-state index contributed by atoms with van der Waals surface area (Å²) in [7, 11) is -3.52. The van der Waals surface area contributed by atoms with Gasteiger partial charge in [0.25, 0.3) is 0 Å². The Balaban J connectivity index is 1.26. The maximum Gasteiger partial charge on any atom is 0.241 e. The zero-order valence-corrected chi connectivity index (χ0v) is 19.0. The molecule has 1 N–H and O–H groups in total. The number of piperidine rings is 1. The van der Waals surface area contributed by atoms with E-state index in [2.05, 4.69) is 46.9 Å². The summed E-state index contributed by atoms with van der Waals surface area (Å²) in [5.74, 6) is 0.957. The van der Waals surface area contributed by atoms with Crippen LogP contribution in [0.5, 0.6) is 0 Å². The van der Waals surface area contributed by atoms with E-state index in [-0.39, 0.29) is 0 Å². The van der Waals surface area contributed by atoms with E-state index in [4.69, 9.17) is 0 Å². The van der Waals surface area contributed by atoms with E-state index in [1.807, 2.05) is 36.4 Å². The van der Waals surface area contributed by atoms with Crippen LogP contribution >= 0.6 is 0 Å². The van der Waals surface area contributed by atoms with E-state index in [9.17, 15) is 8.42 Å². The maximum atomic E-state index is 12.9. The number of hydrogen-bond donors (Lipinski definition) is 1. The monoisotopic (exact) mass is 436 g/mol. The molecule has 1 saturated heterocycles. The van der Waals surface area contributed by atoms with Crippen molar-refractivity contribution in [3.8, 4) is 0 Å². The van der Waals surface area contributed by atoms with Crippen LogP contribution in [-0.4, -0.2) is 39.5 Å². The average molecular weight is 437 g/mol. The molecule has 0 radical (unpaired) electrons. The number of rotatable bonds is 8. The maximum absolute atomic E-state index is 12.9. The molecule has 31 heavy (non-hydrogen) atoms. The van der Waals surface area contributed by atoms with Crippen molar-refractivity contribution in [3.05, 3.63) is 78.4 Å². The summed E-state index contributed by atoms with van der Waals surface area (Å²) in [6.45, 7) is 6.00. The minimum absolute atomic E-state index is 0.373. The standard InChI is InChI=1S/C26H32N2O2S/c1-21(23-8-3-2-4-9-23)14-17-28-18-15-22(16-19-28)20-27-31(29,30)26-13-7-11-24-10-5-6-12-25(24)26/h2-13,21-22,27H,14-20H2,1H3. The second-order valence-electron chi connectivity index (χ2n) is 8.71. The van der Waals surface area contributed by atoms with E-state index in [1.54, 1.807) is 6.07 Å². The molecule has 1 aliphatic heterocycles. The fraction of sp³-hybridized carbons (Fsp3) is 0.385. The van der Waals surface area contributed by atoms with Crippen LogP contribution in [0, 0.1) is 5.92 Å². The predicted octanol–water partition coefficient (Wildman–Crippen LogP) is 5.02. The third-order valence-corrected chi connectivity index (χ3v) is 8.04. The molecule has 0 amide bonds. The summed E-state index contributed by atoms with van der Waals surface area (Å²) in [5.41, 5.74) is 1.40. The van der Waals surface area contributed by atoms with Gasteiger partial charge in [-0.05, 0) is 67.7 Å². The number of hydrogen-bond acceptors (Lipinski definition) is 3. The highest BCUT2D eigenvalue weighted by molar-refractivity contribution is 7.89.